The van der Waals surface area contributed by atoms with Crippen molar-refractivity contribution in [3.63, 3.8) is 0 Å². The number of rotatable bonds is 7. The number of nitrogens with one attached hydrogen (secondary N) is 1. The van der Waals surface area contributed by atoms with Crippen LogP contribution in [0.15, 0.2) is 0 Å². The van der Waals surface area contributed by atoms with Gasteiger partial charge < -0.3 is 11.1 Å². The number of nitrogens with two attached hydrogens (primary N) is 1. The zero-order valence-electron chi connectivity index (χ0n) is 12.1. The monoisotopic (exact) mass is 255 g/mol. The molecular weight excluding hydrogens is 226 g/mol. The largest absolute Gasteiger partial charge is 0.353 e. The Hall–Kier alpha value is -0.610. The lowest BCUT2D eigenvalue weighted by atomic mass is 10.0. The summed E-state index contributed by atoms with van der Waals surface area (Å²) in [6, 6.07) is 0.103. The molecule has 0 aromatic rings. The molecule has 0 saturated carbocycles. The van der Waals surface area contributed by atoms with Crippen LogP contribution in [-0.2, 0) is 4.79 Å². The summed E-state index contributed by atoms with van der Waals surface area (Å²) in [7, 11) is 0. The smallest absolute Gasteiger partial charge is 0.236 e. The van der Waals surface area contributed by atoms with Crippen molar-refractivity contribution in [1.29, 1.82) is 0 Å². The quantitative estimate of drug-likeness (QED) is 0.722. The van der Waals surface area contributed by atoms with E-state index in [1.54, 1.807) is 0 Å². The molecule has 0 bridgehead atoms. The van der Waals surface area contributed by atoms with E-state index in [4.69, 9.17) is 5.73 Å². The molecule has 106 valence electrons. The molecule has 4 heteroatoms. The fraction of sp³-hybridized carbons (Fsp3) is 0.929. The van der Waals surface area contributed by atoms with Gasteiger partial charge in [0.15, 0.2) is 0 Å². The average molecular weight is 255 g/mol. The molecule has 1 aliphatic rings. The minimum Gasteiger partial charge on any atom is -0.353 e. The van der Waals surface area contributed by atoms with Crippen LogP contribution in [-0.4, -0.2) is 42.5 Å². The van der Waals surface area contributed by atoms with Crippen LogP contribution in [0.4, 0.5) is 0 Å². The van der Waals surface area contributed by atoms with Crippen molar-refractivity contribution in [2.75, 3.05) is 19.6 Å². The zero-order chi connectivity index (χ0) is 13.5. The second-order valence-electron chi connectivity index (χ2n) is 5.69. The molecule has 0 aromatic heterocycles. The van der Waals surface area contributed by atoms with Gasteiger partial charge >= 0.3 is 0 Å². The van der Waals surface area contributed by atoms with Gasteiger partial charge in [0.05, 0.1) is 6.04 Å². The van der Waals surface area contributed by atoms with Crippen molar-refractivity contribution in [1.82, 2.24) is 10.2 Å². The van der Waals surface area contributed by atoms with Crippen LogP contribution in [0.5, 0.6) is 0 Å². The van der Waals surface area contributed by atoms with E-state index in [1.165, 1.54) is 25.9 Å². The van der Waals surface area contributed by atoms with Gasteiger partial charge in [-0.15, -0.1) is 0 Å². The fourth-order valence-electron chi connectivity index (χ4n) is 2.64. The maximum atomic E-state index is 11.8. The Morgan fingerprint density at radius 2 is 1.94 bits per heavy atom. The molecule has 1 amide bonds. The molecular formula is C14H29N3O. The van der Waals surface area contributed by atoms with Crippen molar-refractivity contribution in [3.8, 4) is 0 Å². The van der Waals surface area contributed by atoms with Crippen LogP contribution in [0.25, 0.3) is 0 Å². The standard InChI is InChI=1S/C14H29N3O/c1-4-7-12(15)14(18)16-10-13(11(2)3)17-8-5-6-9-17/h11-13H,4-10,15H2,1-3H3,(H,16,18)/t12-,13?/m0/s1. The minimum absolute atomic E-state index is 0.00157. The number of amides is 1. The Balaban J connectivity index is 2.39. The highest BCUT2D eigenvalue weighted by Crippen LogP contribution is 2.17. The molecule has 0 spiro atoms. The van der Waals surface area contributed by atoms with E-state index in [9.17, 15) is 4.79 Å². The summed E-state index contributed by atoms with van der Waals surface area (Å²) < 4.78 is 0. The molecule has 3 N–H and O–H groups in total. The predicted molar refractivity (Wildman–Crippen MR) is 75.3 cm³/mol. The Bertz CT molecular complexity index is 249. The minimum atomic E-state index is -0.346. The number of hydrogen-bond acceptors (Lipinski definition) is 3. The van der Waals surface area contributed by atoms with Crippen LogP contribution in [0.3, 0.4) is 0 Å². The normalized spacial score (nSPS) is 20.1. The van der Waals surface area contributed by atoms with Gasteiger partial charge in [0, 0.05) is 12.6 Å². The van der Waals surface area contributed by atoms with E-state index in [1.807, 2.05) is 6.92 Å². The second kappa shape index (κ2) is 7.74. The number of carbonyl (C=O) groups excluding carboxylic acids is 1. The summed E-state index contributed by atoms with van der Waals surface area (Å²) in [6.07, 6.45) is 4.29. The van der Waals surface area contributed by atoms with Crippen molar-refractivity contribution in [3.05, 3.63) is 0 Å². The molecule has 1 unspecified atom stereocenters. The lowest BCUT2D eigenvalue weighted by Gasteiger charge is -2.31. The Labute approximate surface area is 111 Å². The molecule has 0 radical (unpaired) electrons. The van der Waals surface area contributed by atoms with Crippen LogP contribution in [0.2, 0.25) is 0 Å². The van der Waals surface area contributed by atoms with E-state index in [0.717, 1.165) is 19.4 Å². The maximum Gasteiger partial charge on any atom is 0.236 e. The third kappa shape index (κ3) is 4.58. The molecule has 0 aliphatic carbocycles. The number of carbonyl (C=O) groups is 1. The summed E-state index contributed by atoms with van der Waals surface area (Å²) in [6.45, 7) is 9.56. The summed E-state index contributed by atoms with van der Waals surface area (Å²) >= 11 is 0. The molecule has 2 atom stereocenters. The van der Waals surface area contributed by atoms with E-state index < -0.39 is 0 Å². The van der Waals surface area contributed by atoms with Crippen molar-refractivity contribution in [2.45, 2.75) is 58.5 Å². The summed E-state index contributed by atoms with van der Waals surface area (Å²) in [5.74, 6) is 0.562. The van der Waals surface area contributed by atoms with Gasteiger partial charge in [-0.25, -0.2) is 0 Å². The van der Waals surface area contributed by atoms with E-state index in [-0.39, 0.29) is 11.9 Å². The third-order valence-electron chi connectivity index (χ3n) is 3.80. The van der Waals surface area contributed by atoms with Crippen LogP contribution >= 0.6 is 0 Å². The lowest BCUT2D eigenvalue weighted by Crippen LogP contribution is -2.49. The second-order valence-corrected chi connectivity index (χ2v) is 5.69. The Morgan fingerprint density at radius 1 is 1.33 bits per heavy atom. The average Bonchev–Trinajstić information content (AvgIpc) is 2.82. The zero-order valence-corrected chi connectivity index (χ0v) is 12.1. The molecule has 1 saturated heterocycles. The van der Waals surface area contributed by atoms with Gasteiger partial charge in [0.1, 0.15) is 0 Å². The summed E-state index contributed by atoms with van der Waals surface area (Å²) in [5, 5.41) is 3.02. The summed E-state index contributed by atoms with van der Waals surface area (Å²) in [4.78, 5) is 14.3. The van der Waals surface area contributed by atoms with E-state index in [2.05, 4.69) is 24.1 Å². The SMILES string of the molecule is CCC[C@H](N)C(=O)NCC(C(C)C)N1CCCC1. The van der Waals surface area contributed by atoms with Gasteiger partial charge in [-0.05, 0) is 38.3 Å². The highest BCUT2D eigenvalue weighted by Gasteiger charge is 2.25. The van der Waals surface area contributed by atoms with Crippen LogP contribution in [0, 0.1) is 5.92 Å². The van der Waals surface area contributed by atoms with Crippen molar-refractivity contribution in [2.24, 2.45) is 11.7 Å². The molecule has 1 fully saturated rings. The first-order valence-electron chi connectivity index (χ1n) is 7.33. The first-order chi connectivity index (χ1) is 8.56. The van der Waals surface area contributed by atoms with Gasteiger partial charge in [-0.2, -0.15) is 0 Å². The number of nitrogens with zero attached hydrogens (tertiary/aromatic N) is 1. The highest BCUT2D eigenvalue weighted by molar-refractivity contribution is 5.81. The highest BCUT2D eigenvalue weighted by atomic mass is 16.2. The van der Waals surface area contributed by atoms with Crippen molar-refractivity contribution < 1.29 is 4.79 Å². The Kier molecular flexibility index (Phi) is 6.65. The first-order valence-corrected chi connectivity index (χ1v) is 7.33. The van der Waals surface area contributed by atoms with Gasteiger partial charge in [-0.3, -0.25) is 9.69 Å². The number of hydrogen-bond donors (Lipinski definition) is 2. The molecule has 0 aromatic carbocycles. The summed E-state index contributed by atoms with van der Waals surface area (Å²) in [5.41, 5.74) is 5.82. The first kappa shape index (κ1) is 15.4. The van der Waals surface area contributed by atoms with E-state index >= 15 is 0 Å². The molecule has 4 nitrogen and oxygen atoms in total. The van der Waals surface area contributed by atoms with Crippen LogP contribution in [0.1, 0.15) is 46.5 Å². The van der Waals surface area contributed by atoms with E-state index in [0.29, 0.717) is 12.0 Å². The molecule has 1 rings (SSSR count). The maximum absolute atomic E-state index is 11.8. The fourth-order valence-corrected chi connectivity index (χ4v) is 2.64. The molecule has 1 aliphatic heterocycles. The van der Waals surface area contributed by atoms with Crippen molar-refractivity contribution >= 4 is 5.91 Å². The van der Waals surface area contributed by atoms with Crippen LogP contribution < -0.4 is 11.1 Å². The van der Waals surface area contributed by atoms with Gasteiger partial charge in [0.25, 0.3) is 0 Å². The van der Waals surface area contributed by atoms with Gasteiger partial charge in [0.2, 0.25) is 5.91 Å². The topological polar surface area (TPSA) is 58.4 Å². The predicted octanol–water partition coefficient (Wildman–Crippen LogP) is 1.35. The third-order valence-corrected chi connectivity index (χ3v) is 3.80. The van der Waals surface area contributed by atoms with Gasteiger partial charge in [-0.1, -0.05) is 27.2 Å². The lowest BCUT2D eigenvalue weighted by molar-refractivity contribution is -0.122. The number of likely N-dealkylation sites (tertiary alicyclic amines) is 1. The Morgan fingerprint density at radius 3 is 2.44 bits per heavy atom. The molecule has 18 heavy (non-hydrogen) atoms. The molecule has 1 heterocycles.